The molecule has 3 unspecified atom stereocenters. The Kier molecular flexibility index (Phi) is 0.527. The van der Waals surface area contributed by atoms with Gasteiger partial charge in [0.05, 0.1) is 0 Å². The summed E-state index contributed by atoms with van der Waals surface area (Å²) in [6.45, 7) is 1.97. The molecule has 2 heteroatoms. The molecule has 0 bridgehead atoms. The lowest BCUT2D eigenvalue weighted by Gasteiger charge is -2.30. The summed E-state index contributed by atoms with van der Waals surface area (Å²) in [6.07, 6.45) is 2.20. The summed E-state index contributed by atoms with van der Waals surface area (Å²) in [4.78, 5) is 0. The second-order valence-corrected chi connectivity index (χ2v) is 3.92. The van der Waals surface area contributed by atoms with Crippen molar-refractivity contribution in [2.75, 3.05) is 0 Å². The quantitative estimate of drug-likeness (QED) is 0.403. The predicted molar refractivity (Wildman–Crippen MR) is 35.0 cm³/mol. The van der Waals surface area contributed by atoms with Gasteiger partial charge in [0, 0.05) is 16.7 Å². The van der Waals surface area contributed by atoms with Crippen molar-refractivity contribution in [1.82, 2.24) is 0 Å². The van der Waals surface area contributed by atoms with Crippen molar-refractivity contribution in [3.05, 3.63) is 11.6 Å². The van der Waals surface area contributed by atoms with E-state index in [1.54, 1.807) is 0 Å². The highest BCUT2D eigenvalue weighted by Gasteiger charge is 2.94. The minimum atomic E-state index is -1.10. The molecule has 2 saturated carbocycles. The van der Waals surface area contributed by atoms with E-state index >= 15 is 0 Å². The molecule has 1 spiro atoms. The van der Waals surface area contributed by atoms with Gasteiger partial charge in [-0.2, -0.15) is 0 Å². The Labute approximate surface area is 59.2 Å². The van der Waals surface area contributed by atoms with Crippen molar-refractivity contribution in [1.29, 1.82) is 0 Å². The third-order valence-electron chi connectivity index (χ3n) is 3.89. The lowest BCUT2D eigenvalue weighted by atomic mass is 9.78. The fraction of sp³-hybridized carbons (Fsp3) is 0.750. The van der Waals surface area contributed by atoms with E-state index in [1.165, 1.54) is 5.57 Å². The molecule has 2 fully saturated rings. The number of hydrogen-bond donors (Lipinski definition) is 2. The number of aliphatic hydroxyl groups excluding tert-OH is 1. The molecule has 3 aliphatic carbocycles. The van der Waals surface area contributed by atoms with Crippen molar-refractivity contribution in [3.63, 3.8) is 0 Å². The zero-order valence-corrected chi connectivity index (χ0v) is 5.83. The van der Waals surface area contributed by atoms with Gasteiger partial charge in [0.2, 0.25) is 0 Å². The van der Waals surface area contributed by atoms with Crippen LogP contribution in [0.1, 0.15) is 13.3 Å². The lowest BCUT2D eigenvalue weighted by Crippen LogP contribution is -2.32. The molecule has 0 saturated heterocycles. The first kappa shape index (κ1) is 5.33. The highest BCUT2D eigenvalue weighted by atomic mass is 16.5. The molecule has 3 aliphatic rings. The van der Waals surface area contributed by atoms with Gasteiger partial charge in [-0.15, -0.1) is 0 Å². The van der Waals surface area contributed by atoms with Crippen LogP contribution < -0.4 is 0 Å². The maximum Gasteiger partial charge on any atom is 0.158 e. The van der Waals surface area contributed by atoms with Crippen molar-refractivity contribution < 1.29 is 10.2 Å². The molecule has 3 atom stereocenters. The molecule has 10 heavy (non-hydrogen) atoms. The molecule has 2 nitrogen and oxygen atoms in total. The topological polar surface area (TPSA) is 40.5 Å². The first-order valence-corrected chi connectivity index (χ1v) is 3.72. The molecule has 0 aromatic carbocycles. The van der Waals surface area contributed by atoms with Gasteiger partial charge in [-0.3, -0.25) is 0 Å². The standard InChI is InChI=1S/C8H10O2/c1-7(6(9)10)5-4-2-3-8(4,5)7/h2,5-6,9-10H,3H2,1H3. The molecule has 54 valence electrons. The number of rotatable bonds is 1. The molecular formula is C8H10O2. The SMILES string of the molecule is CC1(C(O)O)C2C3=CCC321. The summed E-state index contributed by atoms with van der Waals surface area (Å²) in [5.74, 6) is 0.542. The number of hydrogen-bond acceptors (Lipinski definition) is 2. The molecule has 0 heterocycles. The van der Waals surface area contributed by atoms with Crippen LogP contribution in [-0.4, -0.2) is 16.5 Å². The smallest absolute Gasteiger partial charge is 0.158 e. The van der Waals surface area contributed by atoms with Crippen LogP contribution in [0.4, 0.5) is 0 Å². The van der Waals surface area contributed by atoms with E-state index < -0.39 is 6.29 Å². The van der Waals surface area contributed by atoms with E-state index in [0.717, 1.165) is 6.42 Å². The maximum atomic E-state index is 9.00. The average molecular weight is 138 g/mol. The Balaban J connectivity index is 1.98. The monoisotopic (exact) mass is 138 g/mol. The second-order valence-electron chi connectivity index (χ2n) is 3.92. The maximum absolute atomic E-state index is 9.00. The molecule has 0 aliphatic heterocycles. The average Bonchev–Trinajstić information content (AvgIpc) is 2.52. The number of fused-ring (bicyclic) bond motifs is 1. The normalized spacial score (nSPS) is 60.4. The van der Waals surface area contributed by atoms with Crippen molar-refractivity contribution in [2.24, 2.45) is 16.7 Å². The Morgan fingerprint density at radius 2 is 2.40 bits per heavy atom. The van der Waals surface area contributed by atoms with Crippen LogP contribution in [-0.2, 0) is 0 Å². The van der Waals surface area contributed by atoms with E-state index in [4.69, 9.17) is 10.2 Å². The lowest BCUT2D eigenvalue weighted by molar-refractivity contribution is -0.112. The molecule has 0 radical (unpaired) electrons. The summed E-state index contributed by atoms with van der Waals surface area (Å²) in [5, 5.41) is 18.0. The van der Waals surface area contributed by atoms with Crippen molar-refractivity contribution in [2.45, 2.75) is 19.6 Å². The molecule has 3 rings (SSSR count). The Morgan fingerprint density at radius 1 is 1.70 bits per heavy atom. The molecule has 0 amide bonds. The molecular weight excluding hydrogens is 128 g/mol. The Hall–Kier alpha value is -0.340. The Morgan fingerprint density at radius 3 is 2.50 bits per heavy atom. The van der Waals surface area contributed by atoms with Crippen LogP contribution in [0.2, 0.25) is 0 Å². The van der Waals surface area contributed by atoms with Gasteiger partial charge >= 0.3 is 0 Å². The Bertz CT molecular complexity index is 256. The summed E-state index contributed by atoms with van der Waals surface area (Å²) in [5.41, 5.74) is 1.63. The van der Waals surface area contributed by atoms with Gasteiger partial charge in [-0.05, 0) is 6.42 Å². The number of allylic oxidation sites excluding steroid dienone is 2. The van der Waals surface area contributed by atoms with Gasteiger partial charge in [0.25, 0.3) is 0 Å². The van der Waals surface area contributed by atoms with Gasteiger partial charge in [0.1, 0.15) is 0 Å². The third kappa shape index (κ3) is 0.227. The number of aliphatic hydroxyl groups is 2. The van der Waals surface area contributed by atoms with E-state index in [1.807, 2.05) is 6.92 Å². The van der Waals surface area contributed by atoms with Gasteiger partial charge < -0.3 is 10.2 Å². The molecule has 0 aromatic heterocycles. The molecule has 0 aromatic rings. The highest BCUT2D eigenvalue weighted by molar-refractivity contribution is 5.65. The summed E-state index contributed by atoms with van der Waals surface area (Å²) >= 11 is 0. The fourth-order valence-corrected chi connectivity index (χ4v) is 2.95. The van der Waals surface area contributed by atoms with Crippen molar-refractivity contribution >= 4 is 0 Å². The van der Waals surface area contributed by atoms with E-state index in [9.17, 15) is 0 Å². The van der Waals surface area contributed by atoms with Gasteiger partial charge in [0.15, 0.2) is 6.29 Å². The minimum absolute atomic E-state index is 0.156. The van der Waals surface area contributed by atoms with E-state index in [0.29, 0.717) is 11.3 Å². The first-order valence-electron chi connectivity index (χ1n) is 3.72. The zero-order chi connectivity index (χ0) is 7.15. The van der Waals surface area contributed by atoms with E-state index in [-0.39, 0.29) is 5.41 Å². The van der Waals surface area contributed by atoms with Gasteiger partial charge in [-0.25, -0.2) is 0 Å². The summed E-state index contributed by atoms with van der Waals surface area (Å²) in [6, 6.07) is 0. The molecule has 2 N–H and O–H groups in total. The third-order valence-corrected chi connectivity index (χ3v) is 3.89. The fourth-order valence-electron chi connectivity index (χ4n) is 2.95. The van der Waals surface area contributed by atoms with Crippen LogP contribution in [0.25, 0.3) is 0 Å². The first-order chi connectivity index (χ1) is 4.65. The minimum Gasteiger partial charge on any atom is -0.368 e. The largest absolute Gasteiger partial charge is 0.368 e. The predicted octanol–water partition coefficient (Wildman–Crippen LogP) is 0.263. The summed E-state index contributed by atoms with van der Waals surface area (Å²) < 4.78 is 0. The summed E-state index contributed by atoms with van der Waals surface area (Å²) in [7, 11) is 0. The zero-order valence-electron chi connectivity index (χ0n) is 5.83. The van der Waals surface area contributed by atoms with Crippen LogP contribution in [0.5, 0.6) is 0 Å². The van der Waals surface area contributed by atoms with Crippen LogP contribution in [0, 0.1) is 16.7 Å². The van der Waals surface area contributed by atoms with Gasteiger partial charge in [-0.1, -0.05) is 18.6 Å². The van der Waals surface area contributed by atoms with E-state index in [2.05, 4.69) is 6.08 Å². The highest BCUT2D eigenvalue weighted by Crippen LogP contribution is 2.97. The van der Waals surface area contributed by atoms with Crippen LogP contribution in [0.15, 0.2) is 11.6 Å². The van der Waals surface area contributed by atoms with Crippen LogP contribution >= 0.6 is 0 Å². The second kappa shape index (κ2) is 0.990. The van der Waals surface area contributed by atoms with Crippen molar-refractivity contribution in [3.8, 4) is 0 Å². The van der Waals surface area contributed by atoms with Crippen LogP contribution in [0.3, 0.4) is 0 Å².